The van der Waals surface area contributed by atoms with Gasteiger partial charge in [0.05, 0.1) is 6.10 Å². The molecule has 1 saturated heterocycles. The first-order valence-electron chi connectivity index (χ1n) is 10.1. The number of carbonyl (C=O) groups is 3. The van der Waals surface area contributed by atoms with Crippen LogP contribution in [-0.4, -0.2) is 42.4 Å². The predicted molar refractivity (Wildman–Crippen MR) is 108 cm³/mol. The molecule has 1 aromatic rings. The fraction of sp³-hybridized carbons (Fsp3) is 0.591. The van der Waals surface area contributed by atoms with Crippen LogP contribution in [0, 0.1) is 11.8 Å². The summed E-state index contributed by atoms with van der Waals surface area (Å²) in [7, 11) is 0. The molecule has 0 radical (unpaired) electrons. The van der Waals surface area contributed by atoms with Crippen LogP contribution in [-0.2, 0) is 14.3 Å². The quantitative estimate of drug-likeness (QED) is 0.681. The third kappa shape index (κ3) is 5.89. The van der Waals surface area contributed by atoms with Gasteiger partial charge in [0.25, 0.3) is 5.91 Å². The van der Waals surface area contributed by atoms with Crippen molar-refractivity contribution in [2.24, 2.45) is 11.8 Å². The van der Waals surface area contributed by atoms with Crippen molar-refractivity contribution < 1.29 is 19.1 Å². The van der Waals surface area contributed by atoms with Crippen molar-refractivity contribution >= 4 is 17.6 Å². The molecule has 0 aromatic heterocycles. The lowest BCUT2D eigenvalue weighted by atomic mass is 9.91. The maximum atomic E-state index is 12.9. The smallest absolute Gasteiger partial charge is 0.251 e. The number of ether oxygens (including phenoxy) is 1. The summed E-state index contributed by atoms with van der Waals surface area (Å²) in [6.45, 7) is 8.36. The zero-order valence-corrected chi connectivity index (χ0v) is 17.2. The van der Waals surface area contributed by atoms with Crippen LogP contribution in [0.25, 0.3) is 0 Å². The average molecular weight is 389 g/mol. The Labute approximate surface area is 167 Å². The Balaban J connectivity index is 2.08. The fourth-order valence-electron chi connectivity index (χ4n) is 3.23. The third-order valence-electron chi connectivity index (χ3n) is 5.57. The molecule has 2 rings (SSSR count). The molecule has 6 nitrogen and oxygen atoms in total. The standard InChI is InChI=1S/C22H32N2O4/c1-5-19-20(18(25)13-28-19)24-22(27)17(12-11-15(4)14(2)3)23-21(26)16-9-7-6-8-10-16/h6-10,14-15,17,19-20H,5,11-13H2,1-4H3,(H,23,26)(H,24,27)/t15?,17-,19?,20?/m0/s1. The highest BCUT2D eigenvalue weighted by Gasteiger charge is 2.37. The van der Waals surface area contributed by atoms with Gasteiger partial charge in [-0.1, -0.05) is 45.9 Å². The first kappa shape index (κ1) is 22.1. The van der Waals surface area contributed by atoms with Crippen LogP contribution in [0.3, 0.4) is 0 Å². The normalized spacial score (nSPS) is 21.4. The van der Waals surface area contributed by atoms with Gasteiger partial charge in [0.2, 0.25) is 5.91 Å². The summed E-state index contributed by atoms with van der Waals surface area (Å²) in [5.41, 5.74) is 0.504. The molecule has 0 spiro atoms. The van der Waals surface area contributed by atoms with E-state index in [4.69, 9.17) is 4.74 Å². The first-order chi connectivity index (χ1) is 13.3. The van der Waals surface area contributed by atoms with Crippen molar-refractivity contribution in [3.63, 3.8) is 0 Å². The van der Waals surface area contributed by atoms with Crippen LogP contribution in [0.1, 0.15) is 57.3 Å². The summed E-state index contributed by atoms with van der Waals surface area (Å²) in [4.78, 5) is 37.6. The molecule has 0 bridgehead atoms. The van der Waals surface area contributed by atoms with Crippen molar-refractivity contribution in [2.45, 2.75) is 65.1 Å². The number of amides is 2. The van der Waals surface area contributed by atoms with Crippen molar-refractivity contribution in [2.75, 3.05) is 6.61 Å². The Bertz CT molecular complexity index is 674. The van der Waals surface area contributed by atoms with Crippen LogP contribution in [0.2, 0.25) is 0 Å². The van der Waals surface area contributed by atoms with Gasteiger partial charge in [-0.2, -0.15) is 0 Å². The molecule has 1 aliphatic heterocycles. The molecule has 1 fully saturated rings. The lowest BCUT2D eigenvalue weighted by Gasteiger charge is -2.24. The van der Waals surface area contributed by atoms with E-state index < -0.39 is 12.1 Å². The number of rotatable bonds is 9. The number of hydrogen-bond donors (Lipinski definition) is 2. The maximum absolute atomic E-state index is 12.9. The molecule has 2 N–H and O–H groups in total. The van der Waals surface area contributed by atoms with Gasteiger partial charge in [-0.3, -0.25) is 14.4 Å². The Kier molecular flexibility index (Phi) is 8.18. The van der Waals surface area contributed by atoms with Crippen LogP contribution in [0.5, 0.6) is 0 Å². The minimum Gasteiger partial charge on any atom is -0.368 e. The zero-order valence-electron chi connectivity index (χ0n) is 17.2. The number of hydrogen-bond acceptors (Lipinski definition) is 4. The largest absolute Gasteiger partial charge is 0.368 e. The van der Waals surface area contributed by atoms with E-state index in [1.807, 2.05) is 13.0 Å². The van der Waals surface area contributed by atoms with Crippen molar-refractivity contribution in [3.05, 3.63) is 35.9 Å². The topological polar surface area (TPSA) is 84.5 Å². The summed E-state index contributed by atoms with van der Waals surface area (Å²) in [6.07, 6.45) is 1.65. The van der Waals surface area contributed by atoms with E-state index >= 15 is 0 Å². The summed E-state index contributed by atoms with van der Waals surface area (Å²) < 4.78 is 5.44. The second-order valence-corrected chi connectivity index (χ2v) is 7.90. The molecule has 2 amide bonds. The number of ketones is 1. The molecule has 3 unspecified atom stereocenters. The van der Waals surface area contributed by atoms with Crippen molar-refractivity contribution in [1.82, 2.24) is 10.6 Å². The molecule has 4 atom stereocenters. The fourth-order valence-corrected chi connectivity index (χ4v) is 3.23. The minimum atomic E-state index is -0.695. The first-order valence-corrected chi connectivity index (χ1v) is 10.1. The highest BCUT2D eigenvalue weighted by molar-refractivity contribution is 5.98. The molecule has 1 aliphatic rings. The number of nitrogens with one attached hydrogen (secondary N) is 2. The molecule has 28 heavy (non-hydrogen) atoms. The number of carbonyl (C=O) groups excluding carboxylic acids is 3. The Morgan fingerprint density at radius 2 is 1.82 bits per heavy atom. The summed E-state index contributed by atoms with van der Waals surface area (Å²) >= 11 is 0. The van der Waals surface area contributed by atoms with E-state index in [1.165, 1.54) is 0 Å². The van der Waals surface area contributed by atoms with Gasteiger partial charge in [-0.25, -0.2) is 0 Å². The van der Waals surface area contributed by atoms with Crippen LogP contribution in [0.15, 0.2) is 30.3 Å². The molecular weight excluding hydrogens is 356 g/mol. The lowest BCUT2D eigenvalue weighted by molar-refractivity contribution is -0.127. The molecule has 1 aromatic carbocycles. The predicted octanol–water partition coefficient (Wildman–Crippen LogP) is 2.72. The molecule has 0 saturated carbocycles. The monoisotopic (exact) mass is 388 g/mol. The van der Waals surface area contributed by atoms with Gasteiger partial charge in [0.15, 0.2) is 5.78 Å². The number of Topliss-reactive ketones (excluding diaryl/α,β-unsaturated/α-hetero) is 1. The summed E-state index contributed by atoms with van der Waals surface area (Å²) in [5.74, 6) is 0.164. The highest BCUT2D eigenvalue weighted by atomic mass is 16.5. The van der Waals surface area contributed by atoms with E-state index in [9.17, 15) is 14.4 Å². The van der Waals surface area contributed by atoms with Gasteiger partial charge in [0, 0.05) is 5.56 Å². The number of benzene rings is 1. The molecule has 1 heterocycles. The zero-order chi connectivity index (χ0) is 20.7. The Morgan fingerprint density at radius 3 is 2.43 bits per heavy atom. The molecular formula is C22H32N2O4. The molecule has 0 aliphatic carbocycles. The second kappa shape index (κ2) is 10.4. The lowest BCUT2D eigenvalue weighted by Crippen LogP contribution is -2.53. The van der Waals surface area contributed by atoms with E-state index in [0.29, 0.717) is 30.2 Å². The van der Waals surface area contributed by atoms with Gasteiger partial charge < -0.3 is 15.4 Å². The second-order valence-electron chi connectivity index (χ2n) is 7.90. The van der Waals surface area contributed by atoms with E-state index in [0.717, 1.165) is 6.42 Å². The summed E-state index contributed by atoms with van der Waals surface area (Å²) in [6, 6.07) is 7.49. The van der Waals surface area contributed by atoms with Crippen LogP contribution in [0.4, 0.5) is 0 Å². The average Bonchev–Trinajstić information content (AvgIpc) is 3.04. The van der Waals surface area contributed by atoms with E-state index in [-0.39, 0.29) is 30.3 Å². The van der Waals surface area contributed by atoms with Crippen LogP contribution >= 0.6 is 0 Å². The SMILES string of the molecule is CCC1OCC(=O)C1NC(=O)[C@H](CCC(C)C(C)C)NC(=O)c1ccccc1. The summed E-state index contributed by atoms with van der Waals surface area (Å²) in [5, 5.41) is 5.66. The van der Waals surface area contributed by atoms with E-state index in [2.05, 4.69) is 31.4 Å². The maximum Gasteiger partial charge on any atom is 0.251 e. The van der Waals surface area contributed by atoms with Gasteiger partial charge in [-0.05, 0) is 43.2 Å². The van der Waals surface area contributed by atoms with Crippen molar-refractivity contribution in [1.29, 1.82) is 0 Å². The van der Waals surface area contributed by atoms with Gasteiger partial charge >= 0.3 is 0 Å². The van der Waals surface area contributed by atoms with Gasteiger partial charge in [-0.15, -0.1) is 0 Å². The molecule has 6 heteroatoms. The van der Waals surface area contributed by atoms with Crippen molar-refractivity contribution in [3.8, 4) is 0 Å². The minimum absolute atomic E-state index is 0.0227. The Hall–Kier alpha value is -2.21. The van der Waals surface area contributed by atoms with Gasteiger partial charge in [0.1, 0.15) is 18.7 Å². The molecule has 154 valence electrons. The Morgan fingerprint density at radius 1 is 1.14 bits per heavy atom. The third-order valence-corrected chi connectivity index (χ3v) is 5.57. The highest BCUT2D eigenvalue weighted by Crippen LogP contribution is 2.18. The van der Waals surface area contributed by atoms with E-state index in [1.54, 1.807) is 24.3 Å². The van der Waals surface area contributed by atoms with Crippen LogP contribution < -0.4 is 10.6 Å².